The van der Waals surface area contributed by atoms with E-state index in [1.165, 1.54) is 0 Å². The molecule has 0 aromatic carbocycles. The smallest absolute Gasteiger partial charge is 0.267 e. The minimum absolute atomic E-state index is 0. The van der Waals surface area contributed by atoms with Crippen LogP contribution in [-0.4, -0.2) is 54.8 Å². The Morgan fingerprint density at radius 2 is 1.22 bits per heavy atom. The zero-order valence-corrected chi connectivity index (χ0v) is 23.2. The van der Waals surface area contributed by atoms with Gasteiger partial charge in [0.25, 0.3) is 11.8 Å². The summed E-state index contributed by atoms with van der Waals surface area (Å²) in [4.78, 5) is 46.0. The van der Waals surface area contributed by atoms with Crippen LogP contribution in [0.4, 0.5) is 11.9 Å². The number of aromatic nitrogens is 6. The summed E-state index contributed by atoms with van der Waals surface area (Å²) in [5, 5.41) is 6.04. The van der Waals surface area contributed by atoms with Crippen molar-refractivity contribution in [2.24, 2.45) is 11.8 Å². The highest BCUT2D eigenvalue weighted by Crippen LogP contribution is 2.56. The predicted octanol–water partition coefficient (Wildman–Crippen LogP) is 2.87. The molecular formula is C22H25Br2ClN10O2. The molecule has 10 N–H and O–H groups in total. The number of rotatable bonds is 8. The van der Waals surface area contributed by atoms with Crippen molar-refractivity contribution in [3.05, 3.63) is 68.6 Å². The van der Waals surface area contributed by atoms with Crippen molar-refractivity contribution >= 4 is 68.0 Å². The number of imidazole rings is 2. The first-order chi connectivity index (χ1) is 17.3. The first-order valence-corrected chi connectivity index (χ1v) is 12.7. The van der Waals surface area contributed by atoms with Crippen LogP contribution >= 0.6 is 44.3 Å². The molecule has 0 radical (unpaired) electrons. The zero-order chi connectivity index (χ0) is 25.4. The van der Waals surface area contributed by atoms with Crippen molar-refractivity contribution < 1.29 is 9.59 Å². The maximum absolute atomic E-state index is 12.8. The number of H-pyrrole nitrogens is 4. The Bertz CT molecular complexity index is 1290. The van der Waals surface area contributed by atoms with Gasteiger partial charge in [-0.05, 0) is 55.8 Å². The Kier molecular flexibility index (Phi) is 7.99. The molecule has 0 bridgehead atoms. The molecule has 4 heterocycles. The van der Waals surface area contributed by atoms with Gasteiger partial charge in [-0.25, -0.2) is 9.97 Å². The lowest BCUT2D eigenvalue weighted by Crippen LogP contribution is -2.53. The van der Waals surface area contributed by atoms with E-state index < -0.39 is 0 Å². The Morgan fingerprint density at radius 1 is 0.811 bits per heavy atom. The highest BCUT2D eigenvalue weighted by molar-refractivity contribution is 9.10. The summed E-state index contributed by atoms with van der Waals surface area (Å²) in [5.41, 5.74) is 14.3. The van der Waals surface area contributed by atoms with Gasteiger partial charge in [-0.2, -0.15) is 0 Å². The van der Waals surface area contributed by atoms with Crippen LogP contribution < -0.4 is 22.1 Å². The molecule has 2 amide bonds. The van der Waals surface area contributed by atoms with Gasteiger partial charge in [0, 0.05) is 57.7 Å². The average Bonchev–Trinajstić information content (AvgIpc) is 3.63. The quantitative estimate of drug-likeness (QED) is 0.143. The molecular weight excluding hydrogens is 632 g/mol. The van der Waals surface area contributed by atoms with Gasteiger partial charge in [-0.15, -0.1) is 12.4 Å². The van der Waals surface area contributed by atoms with Gasteiger partial charge in [0.1, 0.15) is 11.4 Å². The molecule has 1 aliphatic carbocycles. The second-order valence-corrected chi connectivity index (χ2v) is 10.5. The number of aromatic amines is 4. The molecule has 15 heteroatoms. The normalized spacial score (nSPS) is 20.6. The molecule has 37 heavy (non-hydrogen) atoms. The fourth-order valence-corrected chi connectivity index (χ4v) is 5.66. The number of nitrogens with one attached hydrogen (secondary N) is 6. The van der Waals surface area contributed by atoms with E-state index in [0.29, 0.717) is 36.4 Å². The molecule has 4 aromatic heterocycles. The Morgan fingerprint density at radius 3 is 1.51 bits per heavy atom. The Hall–Kier alpha value is -3.23. The van der Waals surface area contributed by atoms with Crippen molar-refractivity contribution in [2.75, 3.05) is 24.6 Å². The second-order valence-electron chi connectivity index (χ2n) is 8.71. The molecule has 1 saturated carbocycles. The van der Waals surface area contributed by atoms with Gasteiger partial charge in [-0.3, -0.25) is 9.59 Å². The third-order valence-electron chi connectivity index (χ3n) is 6.59. The van der Waals surface area contributed by atoms with E-state index in [4.69, 9.17) is 11.5 Å². The molecule has 1 aliphatic rings. The fourth-order valence-electron chi connectivity index (χ4n) is 4.98. The van der Waals surface area contributed by atoms with Crippen LogP contribution in [0.15, 0.2) is 45.9 Å². The lowest BCUT2D eigenvalue weighted by Gasteiger charge is -2.51. The van der Waals surface area contributed by atoms with E-state index >= 15 is 0 Å². The number of anilines is 2. The van der Waals surface area contributed by atoms with Crippen molar-refractivity contribution in [2.45, 2.75) is 11.8 Å². The average molecular weight is 657 g/mol. The van der Waals surface area contributed by atoms with E-state index in [1.807, 2.05) is 0 Å². The third-order valence-corrected chi connectivity index (χ3v) is 7.51. The second kappa shape index (κ2) is 11.0. The van der Waals surface area contributed by atoms with Crippen molar-refractivity contribution in [3.8, 4) is 0 Å². The number of carbonyl (C=O) groups is 2. The fraction of sp³-hybridized carbons (Fsp3) is 0.273. The first-order valence-electron chi connectivity index (χ1n) is 11.1. The summed E-state index contributed by atoms with van der Waals surface area (Å²) < 4.78 is 1.58. The molecule has 196 valence electrons. The number of carbonyl (C=O) groups excluding carboxylic acids is 2. The van der Waals surface area contributed by atoms with Crippen molar-refractivity contribution in [1.82, 2.24) is 40.5 Å². The van der Waals surface area contributed by atoms with Crippen molar-refractivity contribution in [1.29, 1.82) is 0 Å². The largest absolute Gasteiger partial charge is 0.369 e. The standard InChI is InChI=1S/C22H24Br2N10O2.ClH/c23-9-1-13(27-3-9)19(35)29-5-11-12(6-30-20(36)14-2-10(24)4-28-14)18(16-8-32-22(26)34-16)17(11)15-7-31-21(25)33-15;/h1-4,7-8,11-12,17-18,27-28H,5-6H2,(H,29,35)(H,30,36)(H3,25,31,33)(H3,26,32,34);1H/t11-,12?,17?,18-;/m1./s1. The first kappa shape index (κ1) is 26.8. The SMILES string of the molecule is Cl.Nc1ncc(C2[C@H](CNC(=O)c3cc(Br)c[nH]3)C(CNC(=O)c3cc(Br)c[nH]3)[C@@H]2c2cnc(N)[nH]2)[nH]1. The molecule has 5 rings (SSSR count). The van der Waals surface area contributed by atoms with Crippen LogP contribution in [0, 0.1) is 11.8 Å². The number of amides is 2. The van der Waals surface area contributed by atoms with Crippen LogP contribution in [0.25, 0.3) is 0 Å². The van der Waals surface area contributed by atoms with Crippen LogP contribution in [0.1, 0.15) is 44.2 Å². The summed E-state index contributed by atoms with van der Waals surface area (Å²) in [6.45, 7) is 0.738. The molecule has 1 fully saturated rings. The molecule has 0 saturated heterocycles. The zero-order valence-electron chi connectivity index (χ0n) is 19.2. The number of nitrogen functional groups attached to an aromatic ring is 2. The molecule has 4 atom stereocenters. The van der Waals surface area contributed by atoms with E-state index in [0.717, 1.165) is 20.3 Å². The van der Waals surface area contributed by atoms with Crippen LogP contribution in [-0.2, 0) is 0 Å². The third kappa shape index (κ3) is 5.55. The minimum Gasteiger partial charge on any atom is -0.369 e. The number of nitrogens with zero attached hydrogens (tertiary/aromatic N) is 2. The van der Waals surface area contributed by atoms with Crippen molar-refractivity contribution in [3.63, 3.8) is 0 Å². The Balaban J connectivity index is 0.00000320. The number of hydrogen-bond donors (Lipinski definition) is 8. The molecule has 0 aliphatic heterocycles. The monoisotopic (exact) mass is 654 g/mol. The summed E-state index contributed by atoms with van der Waals surface area (Å²) in [6.07, 6.45) is 6.80. The maximum atomic E-state index is 12.8. The highest BCUT2D eigenvalue weighted by Gasteiger charge is 2.53. The van der Waals surface area contributed by atoms with Gasteiger partial charge in [0.2, 0.25) is 0 Å². The Labute approximate surface area is 234 Å². The van der Waals surface area contributed by atoms with Crippen LogP contribution in [0.5, 0.6) is 0 Å². The lowest BCUT2D eigenvalue weighted by molar-refractivity contribution is 0.0674. The topological polar surface area (TPSA) is 199 Å². The van der Waals surface area contributed by atoms with Gasteiger partial charge in [-0.1, -0.05) is 0 Å². The van der Waals surface area contributed by atoms with Gasteiger partial charge in [0.05, 0.1) is 12.4 Å². The van der Waals surface area contributed by atoms with E-state index in [2.05, 4.69) is 72.4 Å². The number of halogens is 3. The van der Waals surface area contributed by atoms with Gasteiger partial charge >= 0.3 is 0 Å². The molecule has 0 spiro atoms. The minimum atomic E-state index is -0.225. The molecule has 4 aromatic rings. The number of nitrogens with two attached hydrogens (primary N) is 2. The van der Waals surface area contributed by atoms with E-state index in [1.54, 1.807) is 36.9 Å². The summed E-state index contributed by atoms with van der Waals surface area (Å²) in [6, 6.07) is 3.43. The van der Waals surface area contributed by atoms with Gasteiger partial charge < -0.3 is 42.0 Å². The number of hydrogen-bond acceptors (Lipinski definition) is 6. The predicted molar refractivity (Wildman–Crippen MR) is 147 cm³/mol. The lowest BCUT2D eigenvalue weighted by atomic mass is 9.54. The molecule has 12 nitrogen and oxygen atoms in total. The summed E-state index contributed by atoms with van der Waals surface area (Å²) >= 11 is 6.70. The summed E-state index contributed by atoms with van der Waals surface area (Å²) in [5.74, 6) is -0.0795. The van der Waals surface area contributed by atoms with E-state index in [-0.39, 0.29) is 47.9 Å². The molecule has 2 unspecified atom stereocenters. The maximum Gasteiger partial charge on any atom is 0.267 e. The van der Waals surface area contributed by atoms with Crippen LogP contribution in [0.2, 0.25) is 0 Å². The van der Waals surface area contributed by atoms with Crippen LogP contribution in [0.3, 0.4) is 0 Å². The summed E-state index contributed by atoms with van der Waals surface area (Å²) in [7, 11) is 0. The highest BCUT2D eigenvalue weighted by atomic mass is 79.9. The van der Waals surface area contributed by atoms with E-state index in [9.17, 15) is 9.59 Å². The van der Waals surface area contributed by atoms with Gasteiger partial charge in [0.15, 0.2) is 11.9 Å².